The highest BCUT2D eigenvalue weighted by molar-refractivity contribution is 14.1. The predicted octanol–water partition coefficient (Wildman–Crippen LogP) is 3.33. The molecule has 92 valence electrons. The molecule has 0 atom stereocenters. The maximum absolute atomic E-state index is 11.1. The minimum atomic E-state index is -1.07. The summed E-state index contributed by atoms with van der Waals surface area (Å²) in [6, 6.07) is 4.81. The maximum Gasteiger partial charge on any atom is 0.339 e. The van der Waals surface area contributed by atoms with Gasteiger partial charge in [0.1, 0.15) is 11.3 Å². The van der Waals surface area contributed by atoms with Crippen LogP contribution in [0.2, 0.25) is 0 Å². The molecule has 18 heavy (non-hydrogen) atoms. The summed E-state index contributed by atoms with van der Waals surface area (Å²) in [7, 11) is 0. The van der Waals surface area contributed by atoms with Crippen molar-refractivity contribution < 1.29 is 14.6 Å². The predicted molar refractivity (Wildman–Crippen MR) is 75.9 cm³/mol. The van der Waals surface area contributed by atoms with E-state index in [9.17, 15) is 4.79 Å². The largest absolute Gasteiger partial charge is 0.478 e. The Morgan fingerprint density at radius 2 is 2.00 bits per heavy atom. The van der Waals surface area contributed by atoms with Gasteiger partial charge in [-0.2, -0.15) is 0 Å². The standard InChI is InChI=1S/C11H6BrIN2O3/c12-6-1-2-9(8(3-6)10(16)17)18-11-14-4-7(13)5-15-11/h1-5H,(H,16,17). The first kappa shape index (κ1) is 13.2. The van der Waals surface area contributed by atoms with Crippen molar-refractivity contribution in [3.05, 3.63) is 44.2 Å². The van der Waals surface area contributed by atoms with E-state index < -0.39 is 5.97 Å². The number of carbonyl (C=O) groups is 1. The van der Waals surface area contributed by atoms with Crippen LogP contribution >= 0.6 is 38.5 Å². The number of rotatable bonds is 3. The number of aromatic nitrogens is 2. The lowest BCUT2D eigenvalue weighted by atomic mass is 10.2. The first-order valence-electron chi connectivity index (χ1n) is 4.74. The van der Waals surface area contributed by atoms with Crippen LogP contribution in [0.15, 0.2) is 35.1 Å². The summed E-state index contributed by atoms with van der Waals surface area (Å²) in [5.41, 5.74) is 0.0477. The van der Waals surface area contributed by atoms with Gasteiger partial charge in [0, 0.05) is 20.4 Å². The summed E-state index contributed by atoms with van der Waals surface area (Å²) in [6.07, 6.45) is 3.17. The molecule has 0 spiro atoms. The Morgan fingerprint density at radius 1 is 1.33 bits per heavy atom. The van der Waals surface area contributed by atoms with E-state index in [0.717, 1.165) is 3.57 Å². The van der Waals surface area contributed by atoms with Gasteiger partial charge in [0.2, 0.25) is 0 Å². The second kappa shape index (κ2) is 5.61. The van der Waals surface area contributed by atoms with Crippen molar-refractivity contribution in [3.63, 3.8) is 0 Å². The molecule has 0 aliphatic rings. The summed E-state index contributed by atoms with van der Waals surface area (Å²) in [6.45, 7) is 0. The number of nitrogens with zero attached hydrogens (tertiary/aromatic N) is 2. The Balaban J connectivity index is 2.34. The first-order chi connectivity index (χ1) is 8.56. The van der Waals surface area contributed by atoms with Crippen molar-refractivity contribution in [2.45, 2.75) is 0 Å². The number of hydrogen-bond acceptors (Lipinski definition) is 4. The van der Waals surface area contributed by atoms with Gasteiger partial charge >= 0.3 is 12.0 Å². The zero-order chi connectivity index (χ0) is 13.1. The maximum atomic E-state index is 11.1. The van der Waals surface area contributed by atoms with Crippen LogP contribution in [0.4, 0.5) is 0 Å². The van der Waals surface area contributed by atoms with Crippen molar-refractivity contribution in [1.29, 1.82) is 0 Å². The molecule has 5 nitrogen and oxygen atoms in total. The monoisotopic (exact) mass is 420 g/mol. The Kier molecular flexibility index (Phi) is 4.12. The SMILES string of the molecule is O=C(O)c1cc(Br)ccc1Oc1ncc(I)cn1. The molecule has 7 heteroatoms. The average molecular weight is 421 g/mol. The average Bonchev–Trinajstić information content (AvgIpc) is 2.34. The van der Waals surface area contributed by atoms with E-state index >= 15 is 0 Å². The van der Waals surface area contributed by atoms with E-state index in [1.165, 1.54) is 6.07 Å². The Hall–Kier alpha value is -1.22. The molecule has 0 aliphatic carbocycles. The highest BCUT2D eigenvalue weighted by Gasteiger charge is 2.13. The highest BCUT2D eigenvalue weighted by atomic mass is 127. The number of ether oxygens (including phenoxy) is 1. The van der Waals surface area contributed by atoms with E-state index in [4.69, 9.17) is 9.84 Å². The Morgan fingerprint density at radius 3 is 2.61 bits per heavy atom. The molecule has 0 bridgehead atoms. The van der Waals surface area contributed by atoms with Gasteiger partial charge in [0.15, 0.2) is 0 Å². The second-order valence-electron chi connectivity index (χ2n) is 3.23. The van der Waals surface area contributed by atoms with Crippen molar-refractivity contribution in [1.82, 2.24) is 9.97 Å². The second-order valence-corrected chi connectivity index (χ2v) is 5.39. The number of carboxylic acid groups (broad SMARTS) is 1. The molecule has 0 saturated heterocycles. The fourth-order valence-electron chi connectivity index (χ4n) is 1.21. The number of halogens is 2. The lowest BCUT2D eigenvalue weighted by molar-refractivity contribution is 0.0694. The molecule has 2 aromatic rings. The van der Waals surface area contributed by atoms with Gasteiger partial charge in [-0.3, -0.25) is 0 Å². The molecule has 2 rings (SSSR count). The molecule has 0 fully saturated rings. The molecule has 0 unspecified atom stereocenters. The van der Waals surface area contributed by atoms with Crippen LogP contribution in [0, 0.1) is 3.57 Å². The van der Waals surface area contributed by atoms with Crippen LogP contribution in [0.3, 0.4) is 0 Å². The molecular weight excluding hydrogens is 415 g/mol. The lowest BCUT2D eigenvalue weighted by Gasteiger charge is -2.07. The summed E-state index contributed by atoms with van der Waals surface area (Å²) in [5, 5.41) is 9.07. The van der Waals surface area contributed by atoms with E-state index in [1.54, 1.807) is 24.5 Å². The van der Waals surface area contributed by atoms with Crippen LogP contribution in [0.5, 0.6) is 11.8 Å². The van der Waals surface area contributed by atoms with E-state index in [1.807, 2.05) is 0 Å². The third-order valence-corrected chi connectivity index (χ3v) is 3.02. The number of carboxylic acids is 1. The number of hydrogen-bond donors (Lipinski definition) is 1. The summed E-state index contributed by atoms with van der Waals surface area (Å²) in [5.74, 6) is -0.872. The fraction of sp³-hybridized carbons (Fsp3) is 0. The number of benzene rings is 1. The first-order valence-corrected chi connectivity index (χ1v) is 6.61. The molecule has 0 amide bonds. The zero-order valence-corrected chi connectivity index (χ0v) is 12.5. The minimum Gasteiger partial charge on any atom is -0.478 e. The van der Waals surface area contributed by atoms with Crippen LogP contribution in [0.1, 0.15) is 10.4 Å². The van der Waals surface area contributed by atoms with Crippen LogP contribution in [-0.2, 0) is 0 Å². The summed E-state index contributed by atoms with van der Waals surface area (Å²) < 4.78 is 6.89. The van der Waals surface area contributed by atoms with Crippen LogP contribution < -0.4 is 4.74 Å². The minimum absolute atomic E-state index is 0.0477. The van der Waals surface area contributed by atoms with Crippen molar-refractivity contribution in [3.8, 4) is 11.8 Å². The summed E-state index contributed by atoms with van der Waals surface area (Å²) in [4.78, 5) is 19.0. The quantitative estimate of drug-likeness (QED) is 0.771. The molecular formula is C11H6BrIN2O3. The van der Waals surface area contributed by atoms with Crippen molar-refractivity contribution in [2.75, 3.05) is 0 Å². The lowest BCUT2D eigenvalue weighted by Crippen LogP contribution is -2.01. The molecule has 1 aromatic carbocycles. The van der Waals surface area contributed by atoms with Crippen molar-refractivity contribution >= 4 is 44.5 Å². The third kappa shape index (κ3) is 3.16. The molecule has 0 aliphatic heterocycles. The normalized spacial score (nSPS) is 10.1. The van der Waals surface area contributed by atoms with Gasteiger partial charge in [0.25, 0.3) is 0 Å². The molecule has 0 radical (unpaired) electrons. The fourth-order valence-corrected chi connectivity index (χ4v) is 1.85. The van der Waals surface area contributed by atoms with Crippen molar-refractivity contribution in [2.24, 2.45) is 0 Å². The van der Waals surface area contributed by atoms with Gasteiger partial charge in [-0.15, -0.1) is 0 Å². The topological polar surface area (TPSA) is 72.3 Å². The van der Waals surface area contributed by atoms with E-state index in [0.29, 0.717) is 4.47 Å². The van der Waals surface area contributed by atoms with Gasteiger partial charge in [-0.05, 0) is 40.8 Å². The zero-order valence-electron chi connectivity index (χ0n) is 8.80. The van der Waals surface area contributed by atoms with Gasteiger partial charge < -0.3 is 9.84 Å². The Bertz CT molecular complexity index is 589. The van der Waals surface area contributed by atoms with Crippen LogP contribution in [0.25, 0.3) is 0 Å². The van der Waals surface area contributed by atoms with Gasteiger partial charge in [0.05, 0.1) is 0 Å². The molecule has 1 N–H and O–H groups in total. The third-order valence-electron chi connectivity index (χ3n) is 1.97. The number of aromatic carboxylic acids is 1. The molecule has 1 heterocycles. The highest BCUT2D eigenvalue weighted by Crippen LogP contribution is 2.26. The summed E-state index contributed by atoms with van der Waals surface area (Å²) >= 11 is 5.28. The Labute approximate surface area is 124 Å². The van der Waals surface area contributed by atoms with E-state index in [-0.39, 0.29) is 17.3 Å². The van der Waals surface area contributed by atoms with Crippen LogP contribution in [-0.4, -0.2) is 21.0 Å². The molecule has 1 aromatic heterocycles. The van der Waals surface area contributed by atoms with Gasteiger partial charge in [-0.1, -0.05) is 15.9 Å². The molecule has 0 saturated carbocycles. The van der Waals surface area contributed by atoms with E-state index in [2.05, 4.69) is 48.5 Å². The van der Waals surface area contributed by atoms with Gasteiger partial charge in [-0.25, -0.2) is 14.8 Å². The smallest absolute Gasteiger partial charge is 0.339 e.